The minimum absolute atomic E-state index is 0.126. The standard InChI is InChI=1S/C12H15FO/c1-7-4-10(13)12-9(3)8(2)6-14-11(12)5-7/h4-5,8-9H,6H2,1-3H3. The number of halogens is 1. The molecular formula is C12H15FO. The summed E-state index contributed by atoms with van der Waals surface area (Å²) in [6.45, 7) is 6.73. The van der Waals surface area contributed by atoms with Crippen LogP contribution in [0.2, 0.25) is 0 Å². The molecule has 2 atom stereocenters. The van der Waals surface area contributed by atoms with Crippen molar-refractivity contribution in [3.05, 3.63) is 29.1 Å². The number of hydrogen-bond acceptors (Lipinski definition) is 1. The first-order chi connectivity index (χ1) is 6.59. The smallest absolute Gasteiger partial charge is 0.130 e. The van der Waals surface area contributed by atoms with Crippen LogP contribution < -0.4 is 4.74 Å². The molecule has 14 heavy (non-hydrogen) atoms. The summed E-state index contributed by atoms with van der Waals surface area (Å²) in [6.07, 6.45) is 0. The number of aryl methyl sites for hydroxylation is 1. The van der Waals surface area contributed by atoms with Gasteiger partial charge in [0.05, 0.1) is 6.61 Å². The van der Waals surface area contributed by atoms with Crippen molar-refractivity contribution in [3.8, 4) is 5.75 Å². The zero-order valence-corrected chi connectivity index (χ0v) is 8.80. The molecule has 0 fully saturated rings. The van der Waals surface area contributed by atoms with Crippen LogP contribution in [-0.4, -0.2) is 6.61 Å². The van der Waals surface area contributed by atoms with Crippen molar-refractivity contribution in [3.63, 3.8) is 0 Å². The van der Waals surface area contributed by atoms with E-state index < -0.39 is 0 Å². The fraction of sp³-hybridized carbons (Fsp3) is 0.500. The molecule has 1 aliphatic rings. The average molecular weight is 194 g/mol. The Morgan fingerprint density at radius 2 is 2.07 bits per heavy atom. The van der Waals surface area contributed by atoms with Gasteiger partial charge in [0.1, 0.15) is 11.6 Å². The van der Waals surface area contributed by atoms with E-state index in [0.29, 0.717) is 12.5 Å². The molecule has 1 aliphatic heterocycles. The van der Waals surface area contributed by atoms with Gasteiger partial charge in [-0.3, -0.25) is 0 Å². The molecule has 0 aromatic heterocycles. The van der Waals surface area contributed by atoms with Crippen LogP contribution >= 0.6 is 0 Å². The highest BCUT2D eigenvalue weighted by molar-refractivity contribution is 5.42. The molecule has 1 nitrogen and oxygen atoms in total. The summed E-state index contributed by atoms with van der Waals surface area (Å²) in [5.74, 6) is 1.24. The van der Waals surface area contributed by atoms with Crippen LogP contribution in [0.4, 0.5) is 4.39 Å². The third kappa shape index (κ3) is 1.39. The van der Waals surface area contributed by atoms with Gasteiger partial charge in [0, 0.05) is 5.56 Å². The maximum atomic E-state index is 13.7. The summed E-state index contributed by atoms with van der Waals surface area (Å²) in [6, 6.07) is 3.50. The third-order valence-corrected chi connectivity index (χ3v) is 3.05. The maximum Gasteiger partial charge on any atom is 0.130 e. The number of fused-ring (bicyclic) bond motifs is 1. The number of rotatable bonds is 0. The third-order valence-electron chi connectivity index (χ3n) is 3.05. The molecule has 76 valence electrons. The fourth-order valence-corrected chi connectivity index (χ4v) is 1.93. The summed E-state index contributed by atoms with van der Waals surface area (Å²) in [5.41, 5.74) is 1.66. The zero-order valence-electron chi connectivity index (χ0n) is 8.80. The molecule has 0 aliphatic carbocycles. The predicted molar refractivity (Wildman–Crippen MR) is 54.2 cm³/mol. The monoisotopic (exact) mass is 194 g/mol. The minimum Gasteiger partial charge on any atom is -0.493 e. The van der Waals surface area contributed by atoms with Crippen molar-refractivity contribution < 1.29 is 9.13 Å². The highest BCUT2D eigenvalue weighted by Gasteiger charge is 2.27. The van der Waals surface area contributed by atoms with Gasteiger partial charge in [0.15, 0.2) is 0 Å². The minimum atomic E-state index is -0.126. The van der Waals surface area contributed by atoms with Crippen LogP contribution in [0, 0.1) is 18.7 Å². The maximum absolute atomic E-state index is 13.7. The molecule has 1 aromatic rings. The molecule has 2 unspecified atom stereocenters. The van der Waals surface area contributed by atoms with Gasteiger partial charge in [0.25, 0.3) is 0 Å². The summed E-state index contributed by atoms with van der Waals surface area (Å²) in [7, 11) is 0. The highest BCUT2D eigenvalue weighted by atomic mass is 19.1. The molecule has 1 aromatic carbocycles. The quantitative estimate of drug-likeness (QED) is 0.616. The molecule has 0 radical (unpaired) electrons. The van der Waals surface area contributed by atoms with Crippen LogP contribution in [0.5, 0.6) is 5.75 Å². The van der Waals surface area contributed by atoms with E-state index >= 15 is 0 Å². The lowest BCUT2D eigenvalue weighted by Crippen LogP contribution is -2.23. The van der Waals surface area contributed by atoms with Gasteiger partial charge < -0.3 is 4.74 Å². The SMILES string of the molecule is Cc1cc(F)c2c(c1)OCC(C)C2C. The first-order valence-electron chi connectivity index (χ1n) is 5.02. The number of hydrogen-bond donors (Lipinski definition) is 0. The first-order valence-corrected chi connectivity index (χ1v) is 5.02. The molecule has 0 amide bonds. The van der Waals surface area contributed by atoms with Crippen LogP contribution in [0.1, 0.15) is 30.9 Å². The van der Waals surface area contributed by atoms with E-state index in [1.807, 2.05) is 13.0 Å². The number of benzene rings is 1. The average Bonchev–Trinajstić information content (AvgIpc) is 2.10. The molecule has 0 saturated heterocycles. The second-order valence-electron chi connectivity index (χ2n) is 4.24. The molecule has 0 spiro atoms. The van der Waals surface area contributed by atoms with Crippen LogP contribution in [0.3, 0.4) is 0 Å². The van der Waals surface area contributed by atoms with E-state index in [4.69, 9.17) is 4.74 Å². The Labute approximate surface area is 83.9 Å². The Bertz CT molecular complexity index is 360. The topological polar surface area (TPSA) is 9.23 Å². The van der Waals surface area contributed by atoms with Gasteiger partial charge in [-0.1, -0.05) is 13.8 Å². The van der Waals surface area contributed by atoms with Crippen LogP contribution in [0.25, 0.3) is 0 Å². The second-order valence-corrected chi connectivity index (χ2v) is 4.24. The van der Waals surface area contributed by atoms with Crippen molar-refractivity contribution in [1.29, 1.82) is 0 Å². The Kier molecular flexibility index (Phi) is 2.22. The predicted octanol–water partition coefficient (Wildman–Crippen LogP) is 3.27. The molecular weight excluding hydrogens is 179 g/mol. The van der Waals surface area contributed by atoms with Crippen molar-refractivity contribution in [2.45, 2.75) is 26.7 Å². The fourth-order valence-electron chi connectivity index (χ4n) is 1.93. The second kappa shape index (κ2) is 3.26. The van der Waals surface area contributed by atoms with E-state index in [1.165, 1.54) is 0 Å². The first kappa shape index (κ1) is 9.50. The van der Waals surface area contributed by atoms with Crippen molar-refractivity contribution in [2.75, 3.05) is 6.61 Å². The van der Waals surface area contributed by atoms with Gasteiger partial charge in [0.2, 0.25) is 0 Å². The molecule has 1 heterocycles. The molecule has 0 bridgehead atoms. The zero-order chi connectivity index (χ0) is 10.3. The molecule has 0 saturated carbocycles. The van der Waals surface area contributed by atoms with Gasteiger partial charge >= 0.3 is 0 Å². The van der Waals surface area contributed by atoms with Gasteiger partial charge in [-0.15, -0.1) is 0 Å². The lowest BCUT2D eigenvalue weighted by atomic mass is 9.86. The molecule has 0 N–H and O–H groups in total. The highest BCUT2D eigenvalue weighted by Crippen LogP contribution is 2.38. The van der Waals surface area contributed by atoms with E-state index in [0.717, 1.165) is 16.9 Å². The van der Waals surface area contributed by atoms with E-state index in [9.17, 15) is 4.39 Å². The molecule has 2 heteroatoms. The summed E-state index contributed by atoms with van der Waals surface area (Å²) in [5, 5.41) is 0. The van der Waals surface area contributed by atoms with Crippen LogP contribution in [0.15, 0.2) is 12.1 Å². The van der Waals surface area contributed by atoms with Gasteiger partial charge in [-0.25, -0.2) is 4.39 Å². The summed E-state index contributed by atoms with van der Waals surface area (Å²) >= 11 is 0. The Hall–Kier alpha value is -1.05. The van der Waals surface area contributed by atoms with Crippen molar-refractivity contribution >= 4 is 0 Å². The lowest BCUT2D eigenvalue weighted by molar-refractivity contribution is 0.207. The van der Waals surface area contributed by atoms with Gasteiger partial charge in [-0.2, -0.15) is 0 Å². The lowest BCUT2D eigenvalue weighted by Gasteiger charge is -2.29. The molecule has 2 rings (SSSR count). The van der Waals surface area contributed by atoms with Crippen LogP contribution in [-0.2, 0) is 0 Å². The van der Waals surface area contributed by atoms with E-state index in [2.05, 4.69) is 13.8 Å². The largest absolute Gasteiger partial charge is 0.493 e. The van der Waals surface area contributed by atoms with E-state index in [-0.39, 0.29) is 11.7 Å². The van der Waals surface area contributed by atoms with Crippen molar-refractivity contribution in [1.82, 2.24) is 0 Å². The summed E-state index contributed by atoms with van der Waals surface area (Å²) in [4.78, 5) is 0. The number of ether oxygens (including phenoxy) is 1. The summed E-state index contributed by atoms with van der Waals surface area (Å²) < 4.78 is 19.2. The normalized spacial score (nSPS) is 25.4. The Morgan fingerprint density at radius 3 is 2.79 bits per heavy atom. The Balaban J connectivity index is 2.54. The van der Waals surface area contributed by atoms with E-state index in [1.54, 1.807) is 6.07 Å². The Morgan fingerprint density at radius 1 is 1.36 bits per heavy atom. The van der Waals surface area contributed by atoms with Crippen molar-refractivity contribution in [2.24, 2.45) is 5.92 Å². The van der Waals surface area contributed by atoms with Gasteiger partial charge in [-0.05, 0) is 36.5 Å².